The van der Waals surface area contributed by atoms with Gasteiger partial charge < -0.3 is 20.8 Å². The molecule has 0 spiro atoms. The minimum atomic E-state index is -0.566. The van der Waals surface area contributed by atoms with E-state index in [0.29, 0.717) is 27.1 Å². The number of nitrogens with two attached hydrogens (primary N) is 1. The summed E-state index contributed by atoms with van der Waals surface area (Å²) in [5.41, 5.74) is 11.3. The lowest BCUT2D eigenvalue weighted by molar-refractivity contribution is -0.117. The highest BCUT2D eigenvalue weighted by Gasteiger charge is 2.20. The van der Waals surface area contributed by atoms with Crippen LogP contribution in [0, 0.1) is 0 Å². The van der Waals surface area contributed by atoms with Crippen LogP contribution in [0.25, 0.3) is 33.2 Å². The van der Waals surface area contributed by atoms with Crippen molar-refractivity contribution in [1.29, 1.82) is 0 Å². The molecule has 2 heterocycles. The van der Waals surface area contributed by atoms with E-state index in [0.717, 1.165) is 38.9 Å². The number of rotatable bonds is 7. The molecule has 0 bridgehead atoms. The van der Waals surface area contributed by atoms with Crippen molar-refractivity contribution >= 4 is 68.2 Å². The predicted molar refractivity (Wildman–Crippen MR) is 161 cm³/mol. The van der Waals surface area contributed by atoms with Crippen LogP contribution >= 0.6 is 23.2 Å². The molecule has 1 unspecified atom stereocenters. The zero-order chi connectivity index (χ0) is 27.6. The van der Waals surface area contributed by atoms with E-state index in [2.05, 4.69) is 20.6 Å². The maximum Gasteiger partial charge on any atom is 0.233 e. The Balaban J connectivity index is 1.19. The lowest BCUT2D eigenvalue weighted by Gasteiger charge is -2.16. The number of nitrogens with one attached hydrogen (secondary N) is 2. The first-order valence-corrected chi connectivity index (χ1v) is 13.3. The van der Waals surface area contributed by atoms with Crippen LogP contribution in [0.1, 0.15) is 11.5 Å². The summed E-state index contributed by atoms with van der Waals surface area (Å²) < 4.78 is 6.17. The van der Waals surface area contributed by atoms with Gasteiger partial charge in [0.15, 0.2) is 0 Å². The smallest absolute Gasteiger partial charge is 0.233 e. The average Bonchev–Trinajstić information content (AvgIpc) is 3.35. The quantitative estimate of drug-likeness (QED) is 0.182. The molecule has 1 amide bonds. The van der Waals surface area contributed by atoms with E-state index < -0.39 is 5.92 Å². The van der Waals surface area contributed by atoms with Gasteiger partial charge in [0.25, 0.3) is 0 Å². The maximum atomic E-state index is 12.9. The van der Waals surface area contributed by atoms with Gasteiger partial charge in [0, 0.05) is 40.3 Å². The summed E-state index contributed by atoms with van der Waals surface area (Å²) in [7, 11) is 0. The second-order valence-electron chi connectivity index (χ2n) is 9.22. The van der Waals surface area contributed by atoms with Crippen LogP contribution in [0.15, 0.2) is 102 Å². The Morgan fingerprint density at radius 3 is 2.42 bits per heavy atom. The number of halogens is 2. The Kier molecular flexibility index (Phi) is 7.09. The maximum absolute atomic E-state index is 12.9. The number of aromatic nitrogens is 2. The van der Waals surface area contributed by atoms with Gasteiger partial charge in [-0.05, 0) is 54.1 Å². The molecule has 0 saturated heterocycles. The fourth-order valence-corrected chi connectivity index (χ4v) is 4.97. The van der Waals surface area contributed by atoms with Crippen molar-refractivity contribution in [3.8, 4) is 11.3 Å². The van der Waals surface area contributed by atoms with E-state index >= 15 is 0 Å². The average molecular weight is 568 g/mol. The number of para-hydroxylation sites is 2. The molecule has 40 heavy (non-hydrogen) atoms. The highest BCUT2D eigenvalue weighted by Crippen LogP contribution is 2.35. The monoisotopic (exact) mass is 567 g/mol. The molecular weight excluding hydrogens is 545 g/mol. The van der Waals surface area contributed by atoms with Gasteiger partial charge in [0.1, 0.15) is 23.3 Å². The van der Waals surface area contributed by atoms with Crippen molar-refractivity contribution in [3.05, 3.63) is 113 Å². The molecule has 0 radical (unpaired) electrons. The molecule has 4 N–H and O–H groups in total. The SMILES string of the molecule is NCC(C(=O)Nc1ccc(Nc2cc(-c3cccc4c3oc3ccccc34)ncn2)cc1)c1ccc(Cl)c(Cl)c1. The van der Waals surface area contributed by atoms with Crippen LogP contribution in [0.2, 0.25) is 10.0 Å². The molecule has 1 atom stereocenters. The van der Waals surface area contributed by atoms with Gasteiger partial charge >= 0.3 is 0 Å². The van der Waals surface area contributed by atoms with Gasteiger partial charge in [0.05, 0.1) is 21.7 Å². The molecule has 0 aliphatic carbocycles. The summed E-state index contributed by atoms with van der Waals surface area (Å²) in [6.45, 7) is 0.126. The number of nitrogens with zero attached hydrogens (tertiary/aromatic N) is 2. The molecule has 7 nitrogen and oxygen atoms in total. The topological polar surface area (TPSA) is 106 Å². The molecule has 6 rings (SSSR count). The van der Waals surface area contributed by atoms with Crippen molar-refractivity contribution < 1.29 is 9.21 Å². The highest BCUT2D eigenvalue weighted by molar-refractivity contribution is 6.42. The number of anilines is 3. The Bertz CT molecular complexity index is 1850. The number of fused-ring (bicyclic) bond motifs is 3. The van der Waals surface area contributed by atoms with Crippen LogP contribution < -0.4 is 16.4 Å². The number of furan rings is 1. The fraction of sp³-hybridized carbons (Fsp3) is 0.0645. The first-order chi connectivity index (χ1) is 19.5. The Morgan fingerprint density at radius 2 is 1.62 bits per heavy atom. The van der Waals surface area contributed by atoms with Gasteiger partial charge in [-0.3, -0.25) is 4.79 Å². The highest BCUT2D eigenvalue weighted by atomic mass is 35.5. The lowest BCUT2D eigenvalue weighted by atomic mass is 9.98. The van der Waals surface area contributed by atoms with Crippen molar-refractivity contribution in [1.82, 2.24) is 9.97 Å². The molecular formula is C31H23Cl2N5O2. The first-order valence-electron chi connectivity index (χ1n) is 12.6. The third-order valence-corrected chi connectivity index (χ3v) is 7.41. The Hall–Kier alpha value is -4.43. The van der Waals surface area contributed by atoms with Crippen LogP contribution in [-0.2, 0) is 4.79 Å². The minimum absolute atomic E-state index is 0.126. The van der Waals surface area contributed by atoms with E-state index in [1.165, 1.54) is 6.33 Å². The summed E-state index contributed by atoms with van der Waals surface area (Å²) in [6.07, 6.45) is 1.52. The third kappa shape index (κ3) is 5.10. The van der Waals surface area contributed by atoms with E-state index in [4.69, 9.17) is 33.4 Å². The number of benzene rings is 4. The molecule has 6 aromatic rings. The van der Waals surface area contributed by atoms with Gasteiger partial charge in [-0.1, -0.05) is 59.6 Å². The second-order valence-corrected chi connectivity index (χ2v) is 10.0. The largest absolute Gasteiger partial charge is 0.455 e. The van der Waals surface area contributed by atoms with Crippen molar-refractivity contribution in [2.75, 3.05) is 17.2 Å². The number of carbonyl (C=O) groups is 1. The summed E-state index contributed by atoms with van der Waals surface area (Å²) >= 11 is 12.1. The minimum Gasteiger partial charge on any atom is -0.455 e. The zero-order valence-corrected chi connectivity index (χ0v) is 22.6. The Labute approximate surface area is 240 Å². The van der Waals surface area contributed by atoms with E-state index in [1.54, 1.807) is 30.3 Å². The van der Waals surface area contributed by atoms with Crippen molar-refractivity contribution in [2.24, 2.45) is 5.73 Å². The van der Waals surface area contributed by atoms with Gasteiger partial charge in [-0.15, -0.1) is 0 Å². The van der Waals surface area contributed by atoms with Crippen LogP contribution in [-0.4, -0.2) is 22.4 Å². The normalized spacial score (nSPS) is 12.0. The number of hydrogen-bond acceptors (Lipinski definition) is 6. The number of hydrogen-bond donors (Lipinski definition) is 3. The molecule has 2 aromatic heterocycles. The van der Waals surface area contributed by atoms with Crippen molar-refractivity contribution in [3.63, 3.8) is 0 Å². The summed E-state index contributed by atoms with van der Waals surface area (Å²) in [6, 6.07) is 28.3. The van der Waals surface area contributed by atoms with E-state index in [1.807, 2.05) is 60.7 Å². The summed E-state index contributed by atoms with van der Waals surface area (Å²) in [5, 5.41) is 9.12. The number of amides is 1. The third-order valence-electron chi connectivity index (χ3n) is 6.67. The molecule has 0 saturated carbocycles. The van der Waals surface area contributed by atoms with Crippen LogP contribution in [0.4, 0.5) is 17.2 Å². The molecule has 0 fully saturated rings. The van der Waals surface area contributed by atoms with Crippen LogP contribution in [0.3, 0.4) is 0 Å². The number of carbonyl (C=O) groups excluding carboxylic acids is 1. The standard InChI is InChI=1S/C31H23Cl2N5O2/c32-25-13-8-18(14-26(25)33)24(16-34)31(39)38-20-11-9-19(10-12-20)37-29-15-27(35-17-36-29)23-6-3-5-22-21-4-1-2-7-28(21)40-30(22)23/h1-15,17,24H,16,34H2,(H,38,39)(H,35,36,37). The Morgan fingerprint density at radius 1 is 0.850 bits per heavy atom. The van der Waals surface area contributed by atoms with E-state index in [9.17, 15) is 4.79 Å². The lowest BCUT2D eigenvalue weighted by Crippen LogP contribution is -2.27. The zero-order valence-electron chi connectivity index (χ0n) is 21.1. The van der Waals surface area contributed by atoms with Gasteiger partial charge in [-0.2, -0.15) is 0 Å². The van der Waals surface area contributed by atoms with Gasteiger partial charge in [0.2, 0.25) is 5.91 Å². The summed E-state index contributed by atoms with van der Waals surface area (Å²) in [5.74, 6) is -0.178. The molecule has 9 heteroatoms. The molecule has 0 aliphatic rings. The summed E-state index contributed by atoms with van der Waals surface area (Å²) in [4.78, 5) is 21.8. The van der Waals surface area contributed by atoms with Gasteiger partial charge in [-0.25, -0.2) is 9.97 Å². The second kappa shape index (κ2) is 11.0. The van der Waals surface area contributed by atoms with E-state index in [-0.39, 0.29) is 12.5 Å². The van der Waals surface area contributed by atoms with Crippen LogP contribution in [0.5, 0.6) is 0 Å². The molecule has 198 valence electrons. The molecule has 4 aromatic carbocycles. The predicted octanol–water partition coefficient (Wildman–Crippen LogP) is 7.77. The molecule has 0 aliphatic heterocycles. The van der Waals surface area contributed by atoms with Crippen molar-refractivity contribution in [2.45, 2.75) is 5.92 Å². The first kappa shape index (κ1) is 25.8. The fourth-order valence-electron chi connectivity index (χ4n) is 4.66.